The van der Waals surface area contributed by atoms with Crippen LogP contribution in [0.15, 0.2) is 24.3 Å². The Hall–Kier alpha value is -2.37. The topological polar surface area (TPSA) is 96.7 Å². The second-order valence-corrected chi connectivity index (χ2v) is 3.38. The van der Waals surface area contributed by atoms with Crippen molar-refractivity contribution in [2.45, 2.75) is 6.92 Å². The van der Waals surface area contributed by atoms with E-state index in [1.807, 2.05) is 31.2 Å². The Morgan fingerprint density at radius 1 is 1.31 bits per heavy atom. The molecule has 2 rings (SSSR count). The minimum absolute atomic E-state index is 0.0978. The van der Waals surface area contributed by atoms with E-state index in [0.29, 0.717) is 5.82 Å². The molecule has 0 bridgehead atoms. The summed E-state index contributed by atoms with van der Waals surface area (Å²) in [5, 5.41) is 12.8. The third kappa shape index (κ3) is 2.00. The fourth-order valence-corrected chi connectivity index (χ4v) is 1.26. The molecular formula is C10H11N5O. The first-order valence-electron chi connectivity index (χ1n) is 4.71. The molecule has 82 valence electrons. The molecule has 0 spiro atoms. The maximum absolute atomic E-state index is 11.0. The van der Waals surface area contributed by atoms with Gasteiger partial charge in [-0.15, -0.1) is 10.2 Å². The number of aromatic nitrogens is 3. The Balaban J connectivity index is 2.23. The van der Waals surface area contributed by atoms with Gasteiger partial charge in [0.2, 0.25) is 0 Å². The lowest BCUT2D eigenvalue weighted by Crippen LogP contribution is -2.13. The zero-order chi connectivity index (χ0) is 11.5. The average molecular weight is 217 g/mol. The lowest BCUT2D eigenvalue weighted by Gasteiger charge is -2.03. The van der Waals surface area contributed by atoms with Gasteiger partial charge in [-0.1, -0.05) is 17.7 Å². The van der Waals surface area contributed by atoms with Gasteiger partial charge in [0.25, 0.3) is 5.91 Å². The molecule has 0 saturated heterocycles. The Morgan fingerprint density at radius 2 is 2.00 bits per heavy atom. The molecule has 0 unspecified atom stereocenters. The molecule has 1 heterocycles. The third-order valence-corrected chi connectivity index (χ3v) is 2.10. The van der Waals surface area contributed by atoms with Crippen LogP contribution < -0.4 is 11.1 Å². The summed E-state index contributed by atoms with van der Waals surface area (Å²) in [4.78, 5) is 11.0. The predicted octanol–water partition coefficient (Wildman–Crippen LogP) is 0.956. The van der Waals surface area contributed by atoms with Crippen LogP contribution in [0.4, 0.5) is 11.5 Å². The standard InChI is InChI=1S/C10H11N5O/c1-6-2-4-7(5-3-6)12-10-8(9(11)16)13-15-14-10/h2-5H,1H3,(H2,11,16)(H2,12,13,14,15). The maximum atomic E-state index is 11.0. The second kappa shape index (κ2) is 4.01. The molecular weight excluding hydrogens is 206 g/mol. The van der Waals surface area contributed by atoms with Gasteiger partial charge in [-0.05, 0) is 19.1 Å². The van der Waals surface area contributed by atoms with Crippen molar-refractivity contribution >= 4 is 17.4 Å². The number of hydrogen-bond acceptors (Lipinski definition) is 4. The van der Waals surface area contributed by atoms with Crippen molar-refractivity contribution in [3.63, 3.8) is 0 Å². The van der Waals surface area contributed by atoms with Crippen LogP contribution in [0.5, 0.6) is 0 Å². The number of rotatable bonds is 3. The predicted molar refractivity (Wildman–Crippen MR) is 59.4 cm³/mol. The van der Waals surface area contributed by atoms with Gasteiger partial charge in [0, 0.05) is 5.69 Å². The Labute approximate surface area is 91.9 Å². The van der Waals surface area contributed by atoms with Gasteiger partial charge in [-0.3, -0.25) is 4.79 Å². The molecule has 4 N–H and O–H groups in total. The summed E-state index contributed by atoms with van der Waals surface area (Å²) in [6, 6.07) is 7.67. The summed E-state index contributed by atoms with van der Waals surface area (Å²) in [5.74, 6) is -0.292. The molecule has 0 aliphatic rings. The molecule has 1 amide bonds. The first kappa shape index (κ1) is 10.2. The van der Waals surface area contributed by atoms with Gasteiger partial charge >= 0.3 is 0 Å². The molecule has 0 aliphatic carbocycles. The number of nitrogens with one attached hydrogen (secondary N) is 2. The first-order valence-corrected chi connectivity index (χ1v) is 4.71. The molecule has 0 radical (unpaired) electrons. The number of primary amides is 1. The zero-order valence-electron chi connectivity index (χ0n) is 8.69. The highest BCUT2D eigenvalue weighted by Crippen LogP contribution is 2.16. The monoisotopic (exact) mass is 217 g/mol. The van der Waals surface area contributed by atoms with E-state index in [2.05, 4.69) is 20.7 Å². The van der Waals surface area contributed by atoms with Crippen molar-refractivity contribution in [3.8, 4) is 0 Å². The van der Waals surface area contributed by atoms with Crippen LogP contribution in [0.3, 0.4) is 0 Å². The number of carbonyl (C=O) groups excluding carboxylic acids is 1. The lowest BCUT2D eigenvalue weighted by atomic mass is 10.2. The fraction of sp³-hybridized carbons (Fsp3) is 0.100. The molecule has 0 atom stereocenters. The van der Waals surface area contributed by atoms with Crippen LogP contribution in [0, 0.1) is 6.92 Å². The fourth-order valence-electron chi connectivity index (χ4n) is 1.26. The van der Waals surface area contributed by atoms with E-state index in [1.165, 1.54) is 0 Å². The number of hydrogen-bond donors (Lipinski definition) is 3. The molecule has 6 nitrogen and oxygen atoms in total. The van der Waals surface area contributed by atoms with Crippen molar-refractivity contribution < 1.29 is 4.79 Å². The number of benzene rings is 1. The summed E-state index contributed by atoms with van der Waals surface area (Å²) in [6.45, 7) is 1.99. The maximum Gasteiger partial charge on any atom is 0.273 e. The molecule has 2 aromatic rings. The lowest BCUT2D eigenvalue weighted by molar-refractivity contribution is 0.0996. The summed E-state index contributed by atoms with van der Waals surface area (Å²) in [7, 11) is 0. The number of H-pyrrole nitrogens is 1. The van der Waals surface area contributed by atoms with Gasteiger partial charge < -0.3 is 11.1 Å². The van der Waals surface area contributed by atoms with Crippen LogP contribution in [-0.2, 0) is 0 Å². The highest BCUT2D eigenvalue weighted by molar-refractivity contribution is 5.95. The number of aryl methyl sites for hydroxylation is 1. The van der Waals surface area contributed by atoms with Crippen molar-refractivity contribution in [2.24, 2.45) is 5.73 Å². The summed E-state index contributed by atoms with van der Waals surface area (Å²) >= 11 is 0. The Bertz CT molecular complexity index is 502. The van der Waals surface area contributed by atoms with Gasteiger partial charge in [-0.2, -0.15) is 5.21 Å². The molecule has 6 heteroatoms. The highest BCUT2D eigenvalue weighted by atomic mass is 16.1. The number of amides is 1. The van der Waals surface area contributed by atoms with Gasteiger partial charge in [0.05, 0.1) is 0 Å². The molecule has 1 aromatic heterocycles. The first-order chi connectivity index (χ1) is 7.66. The third-order valence-electron chi connectivity index (χ3n) is 2.10. The van der Waals surface area contributed by atoms with Crippen molar-refractivity contribution in [2.75, 3.05) is 5.32 Å². The smallest absolute Gasteiger partial charge is 0.273 e. The molecule has 0 saturated carbocycles. The minimum Gasteiger partial charge on any atom is -0.364 e. The van der Waals surface area contributed by atoms with Crippen LogP contribution >= 0.6 is 0 Å². The summed E-state index contributed by atoms with van der Waals surface area (Å²) in [5.41, 5.74) is 7.21. The van der Waals surface area contributed by atoms with Crippen molar-refractivity contribution in [1.29, 1.82) is 0 Å². The van der Waals surface area contributed by atoms with E-state index >= 15 is 0 Å². The summed E-state index contributed by atoms with van der Waals surface area (Å²) < 4.78 is 0. The van der Waals surface area contributed by atoms with Crippen molar-refractivity contribution in [1.82, 2.24) is 15.4 Å². The molecule has 16 heavy (non-hydrogen) atoms. The van der Waals surface area contributed by atoms with E-state index in [9.17, 15) is 4.79 Å². The van der Waals surface area contributed by atoms with Crippen LogP contribution in [-0.4, -0.2) is 21.3 Å². The van der Waals surface area contributed by atoms with Gasteiger partial charge in [0.1, 0.15) is 0 Å². The largest absolute Gasteiger partial charge is 0.364 e. The Kier molecular flexibility index (Phi) is 2.55. The number of carbonyl (C=O) groups is 1. The van der Waals surface area contributed by atoms with Crippen LogP contribution in [0.2, 0.25) is 0 Å². The van der Waals surface area contributed by atoms with E-state index < -0.39 is 5.91 Å². The van der Waals surface area contributed by atoms with E-state index in [1.54, 1.807) is 0 Å². The molecule has 0 fully saturated rings. The highest BCUT2D eigenvalue weighted by Gasteiger charge is 2.12. The number of aromatic amines is 1. The zero-order valence-corrected chi connectivity index (χ0v) is 8.69. The second-order valence-electron chi connectivity index (χ2n) is 3.38. The molecule has 0 aliphatic heterocycles. The van der Waals surface area contributed by atoms with E-state index in [-0.39, 0.29) is 5.69 Å². The quantitative estimate of drug-likeness (QED) is 0.713. The number of nitrogens with two attached hydrogens (primary N) is 1. The van der Waals surface area contributed by atoms with Crippen molar-refractivity contribution in [3.05, 3.63) is 35.5 Å². The van der Waals surface area contributed by atoms with E-state index in [0.717, 1.165) is 11.3 Å². The van der Waals surface area contributed by atoms with Crippen LogP contribution in [0.25, 0.3) is 0 Å². The number of nitrogens with zero attached hydrogens (tertiary/aromatic N) is 2. The SMILES string of the molecule is Cc1ccc(Nc2n[nH]nc2C(N)=O)cc1. The normalized spacial score (nSPS) is 10.1. The van der Waals surface area contributed by atoms with Gasteiger partial charge in [0.15, 0.2) is 11.5 Å². The minimum atomic E-state index is -0.622. The van der Waals surface area contributed by atoms with Gasteiger partial charge in [-0.25, -0.2) is 0 Å². The average Bonchev–Trinajstić information content (AvgIpc) is 2.69. The van der Waals surface area contributed by atoms with Crippen LogP contribution in [0.1, 0.15) is 16.1 Å². The Morgan fingerprint density at radius 3 is 2.62 bits per heavy atom. The number of anilines is 2. The summed E-state index contributed by atoms with van der Waals surface area (Å²) in [6.07, 6.45) is 0. The van der Waals surface area contributed by atoms with E-state index in [4.69, 9.17) is 5.73 Å². The molecule has 1 aromatic carbocycles.